The summed E-state index contributed by atoms with van der Waals surface area (Å²) in [4.78, 5) is 30.1. The quantitative estimate of drug-likeness (QED) is 0.303. The Kier molecular flexibility index (Phi) is 9.00. The predicted molar refractivity (Wildman–Crippen MR) is 155 cm³/mol. The fraction of sp³-hybridized carbons (Fsp3) is 0.517. The van der Waals surface area contributed by atoms with E-state index in [0.717, 1.165) is 36.1 Å². The Morgan fingerprint density at radius 1 is 1.10 bits per heavy atom. The van der Waals surface area contributed by atoms with Gasteiger partial charge in [0.25, 0.3) is 0 Å². The Bertz CT molecular complexity index is 1420. The number of halogens is 3. The highest BCUT2D eigenvalue weighted by Crippen LogP contribution is 2.38. The molecule has 226 valence electrons. The number of anilines is 3. The number of benzene rings is 1. The first kappa shape index (κ1) is 30.2. The maximum Gasteiger partial charge on any atom is 0.416 e. The van der Waals surface area contributed by atoms with Crippen molar-refractivity contribution in [2.45, 2.75) is 71.3 Å². The Morgan fingerprint density at radius 2 is 1.86 bits per heavy atom. The second-order valence-electron chi connectivity index (χ2n) is 11.0. The third-order valence-corrected chi connectivity index (χ3v) is 8.64. The smallest absolute Gasteiger partial charge is 0.416 e. The van der Waals surface area contributed by atoms with Crippen molar-refractivity contribution in [3.05, 3.63) is 46.1 Å². The molecule has 0 bridgehead atoms. The van der Waals surface area contributed by atoms with Crippen LogP contribution in [0.25, 0.3) is 11.3 Å². The average molecular weight is 605 g/mol. The zero-order valence-electron chi connectivity index (χ0n) is 23.9. The predicted octanol–water partition coefficient (Wildman–Crippen LogP) is 6.03. The van der Waals surface area contributed by atoms with Gasteiger partial charge in [-0.05, 0) is 76.8 Å². The van der Waals surface area contributed by atoms with Crippen molar-refractivity contribution in [3.8, 4) is 11.3 Å². The summed E-state index contributed by atoms with van der Waals surface area (Å²) in [5.41, 5.74) is 0.830. The standard InChI is InChI=1S/C29H35F3N6O3S/c1-17-11-20(13-21(12-17)29(30,31)32)27-23(15-38-8-4-5-18(38)2)42-28(36-27)35-24-14-25(34-19(3)33-24)37-9-6-22(7-10-37)41-16-26(39)40/h11-14,18,22H,4-10,15-16H2,1-3H3,(H,39,40)(H,33,34,35,36). The van der Waals surface area contributed by atoms with Gasteiger partial charge in [-0.15, -0.1) is 0 Å². The van der Waals surface area contributed by atoms with Gasteiger partial charge in [0, 0.05) is 42.2 Å². The van der Waals surface area contributed by atoms with Gasteiger partial charge in [-0.25, -0.2) is 19.7 Å². The largest absolute Gasteiger partial charge is 0.480 e. The number of aliphatic carboxylic acids is 1. The molecule has 2 aliphatic rings. The number of carboxylic acid groups (broad SMARTS) is 1. The van der Waals surface area contributed by atoms with Gasteiger partial charge in [-0.3, -0.25) is 4.90 Å². The maximum absolute atomic E-state index is 13.7. The van der Waals surface area contributed by atoms with Crippen LogP contribution in [-0.4, -0.2) is 69.3 Å². The van der Waals surface area contributed by atoms with Gasteiger partial charge in [0.1, 0.15) is 24.1 Å². The molecule has 0 amide bonds. The highest BCUT2D eigenvalue weighted by Gasteiger charge is 2.32. The van der Waals surface area contributed by atoms with E-state index >= 15 is 0 Å². The number of carbonyl (C=O) groups is 1. The van der Waals surface area contributed by atoms with E-state index in [-0.39, 0.29) is 12.7 Å². The van der Waals surface area contributed by atoms with Crippen molar-refractivity contribution in [1.29, 1.82) is 0 Å². The molecule has 4 heterocycles. The van der Waals surface area contributed by atoms with Crippen LogP contribution in [0, 0.1) is 13.8 Å². The number of carboxylic acids is 1. The molecule has 0 saturated carbocycles. The summed E-state index contributed by atoms with van der Waals surface area (Å²) in [7, 11) is 0. The number of aromatic nitrogens is 3. The highest BCUT2D eigenvalue weighted by atomic mass is 32.1. The first-order valence-corrected chi connectivity index (χ1v) is 14.9. The number of likely N-dealkylation sites (tertiary alicyclic amines) is 1. The molecule has 0 radical (unpaired) electrons. The van der Waals surface area contributed by atoms with Gasteiger partial charge >= 0.3 is 12.1 Å². The molecule has 1 unspecified atom stereocenters. The highest BCUT2D eigenvalue weighted by molar-refractivity contribution is 7.16. The lowest BCUT2D eigenvalue weighted by Gasteiger charge is -2.32. The molecule has 1 aromatic carbocycles. The number of alkyl halides is 3. The van der Waals surface area contributed by atoms with Crippen LogP contribution in [-0.2, 0) is 22.3 Å². The second kappa shape index (κ2) is 12.5. The van der Waals surface area contributed by atoms with Crippen molar-refractivity contribution in [1.82, 2.24) is 19.9 Å². The summed E-state index contributed by atoms with van der Waals surface area (Å²) < 4.78 is 46.5. The van der Waals surface area contributed by atoms with E-state index in [9.17, 15) is 18.0 Å². The molecule has 13 heteroatoms. The summed E-state index contributed by atoms with van der Waals surface area (Å²) in [6.07, 6.45) is -1.01. The Labute approximate surface area is 246 Å². The summed E-state index contributed by atoms with van der Waals surface area (Å²) in [6.45, 7) is 8.21. The zero-order chi connectivity index (χ0) is 30.0. The van der Waals surface area contributed by atoms with Crippen LogP contribution in [0.15, 0.2) is 24.3 Å². The molecule has 2 saturated heterocycles. The van der Waals surface area contributed by atoms with Crippen LogP contribution in [0.4, 0.5) is 29.9 Å². The molecule has 0 spiro atoms. The first-order chi connectivity index (χ1) is 19.9. The van der Waals surface area contributed by atoms with Crippen molar-refractivity contribution >= 4 is 34.1 Å². The molecule has 2 fully saturated rings. The molecule has 42 heavy (non-hydrogen) atoms. The van der Waals surface area contributed by atoms with Gasteiger partial charge in [0.2, 0.25) is 0 Å². The molecule has 2 aromatic heterocycles. The lowest BCUT2D eigenvalue weighted by Crippen LogP contribution is -2.38. The van der Waals surface area contributed by atoms with Gasteiger partial charge in [0.05, 0.1) is 17.4 Å². The number of thiazole rings is 1. The molecular weight excluding hydrogens is 569 g/mol. The summed E-state index contributed by atoms with van der Waals surface area (Å²) in [5, 5.41) is 12.7. The fourth-order valence-corrected chi connectivity index (χ4v) is 6.58. The zero-order valence-corrected chi connectivity index (χ0v) is 24.7. The lowest BCUT2D eigenvalue weighted by molar-refractivity contribution is -0.144. The average Bonchev–Trinajstić information content (AvgIpc) is 3.52. The van der Waals surface area contributed by atoms with Gasteiger partial charge in [-0.2, -0.15) is 13.2 Å². The van der Waals surface area contributed by atoms with Gasteiger partial charge in [0.15, 0.2) is 5.13 Å². The molecule has 2 N–H and O–H groups in total. The first-order valence-electron chi connectivity index (χ1n) is 14.1. The molecule has 5 rings (SSSR count). The Balaban J connectivity index is 1.40. The van der Waals surface area contributed by atoms with E-state index in [1.165, 1.54) is 17.4 Å². The van der Waals surface area contributed by atoms with Crippen molar-refractivity contribution < 1.29 is 27.8 Å². The summed E-state index contributed by atoms with van der Waals surface area (Å²) in [6, 6.07) is 6.32. The SMILES string of the molecule is Cc1cc(-c2nc(Nc3cc(N4CCC(OCC(=O)O)CC4)nc(C)n3)sc2CN2CCCC2C)cc(C(F)(F)F)c1. The Hall–Kier alpha value is -3.29. The third kappa shape index (κ3) is 7.37. The fourth-order valence-electron chi connectivity index (χ4n) is 5.56. The maximum atomic E-state index is 13.7. The normalized spacial score (nSPS) is 18.5. The third-order valence-electron chi connectivity index (χ3n) is 7.68. The second-order valence-corrected chi connectivity index (χ2v) is 12.1. The van der Waals surface area contributed by atoms with Gasteiger partial charge < -0.3 is 20.1 Å². The van der Waals surface area contributed by atoms with Crippen molar-refractivity contribution in [3.63, 3.8) is 0 Å². The number of hydrogen-bond donors (Lipinski definition) is 2. The number of ether oxygens (including phenoxy) is 1. The number of aryl methyl sites for hydroxylation is 2. The number of piperidine rings is 1. The molecular formula is C29H35F3N6O3S. The molecule has 1 atom stereocenters. The number of hydrogen-bond acceptors (Lipinski definition) is 9. The van der Waals surface area contributed by atoms with E-state index in [1.807, 2.05) is 6.07 Å². The summed E-state index contributed by atoms with van der Waals surface area (Å²) in [5.74, 6) is 0.864. The molecule has 0 aliphatic carbocycles. The van der Waals surface area contributed by atoms with Crippen LogP contribution < -0.4 is 10.2 Å². The van der Waals surface area contributed by atoms with Gasteiger partial charge in [-0.1, -0.05) is 11.3 Å². The van der Waals surface area contributed by atoms with E-state index in [1.54, 1.807) is 19.9 Å². The van der Waals surface area contributed by atoms with E-state index in [0.29, 0.717) is 72.1 Å². The van der Waals surface area contributed by atoms with Crippen LogP contribution in [0.2, 0.25) is 0 Å². The van der Waals surface area contributed by atoms with Crippen LogP contribution >= 0.6 is 11.3 Å². The topological polar surface area (TPSA) is 104 Å². The van der Waals surface area contributed by atoms with Crippen molar-refractivity contribution in [2.24, 2.45) is 0 Å². The molecule has 2 aliphatic heterocycles. The van der Waals surface area contributed by atoms with E-state index < -0.39 is 17.7 Å². The number of nitrogens with one attached hydrogen (secondary N) is 1. The van der Waals surface area contributed by atoms with Crippen molar-refractivity contribution in [2.75, 3.05) is 36.5 Å². The minimum absolute atomic E-state index is 0.108. The minimum atomic E-state index is -4.45. The number of nitrogens with zero attached hydrogens (tertiary/aromatic N) is 5. The lowest BCUT2D eigenvalue weighted by atomic mass is 10.0. The van der Waals surface area contributed by atoms with Crippen LogP contribution in [0.5, 0.6) is 0 Å². The minimum Gasteiger partial charge on any atom is -0.480 e. The monoisotopic (exact) mass is 604 g/mol. The summed E-state index contributed by atoms with van der Waals surface area (Å²) >= 11 is 1.43. The van der Waals surface area contributed by atoms with Crippen LogP contribution in [0.3, 0.4) is 0 Å². The van der Waals surface area contributed by atoms with Crippen LogP contribution in [0.1, 0.15) is 54.4 Å². The number of rotatable bonds is 9. The van der Waals surface area contributed by atoms with E-state index in [4.69, 9.17) is 14.8 Å². The molecule has 9 nitrogen and oxygen atoms in total. The van der Waals surface area contributed by atoms with E-state index in [2.05, 4.69) is 32.0 Å². The molecule has 3 aromatic rings. The Morgan fingerprint density at radius 3 is 2.52 bits per heavy atom.